The van der Waals surface area contributed by atoms with Crippen LogP contribution in [0, 0.1) is 13.8 Å². The molecule has 2 nitrogen and oxygen atoms in total. The molecular weight excluding hydrogens is 735 g/mol. The molecule has 0 atom stereocenters. The fourth-order valence-corrected chi connectivity index (χ4v) is 11.5. The van der Waals surface area contributed by atoms with E-state index in [1.807, 2.05) is 12.1 Å². The zero-order valence-corrected chi connectivity index (χ0v) is 38.7. The minimum Gasteiger partial charge on any atom is -0.311 e. The average molecular weight is 804 g/mol. The molecule has 0 N–H and O–H groups in total. The smallest absolute Gasteiger partial charge is 0.252 e. The van der Waals surface area contributed by atoms with Crippen molar-refractivity contribution in [2.75, 3.05) is 9.80 Å². The molecule has 0 bridgehead atoms. The Morgan fingerprint density at radius 2 is 1.08 bits per heavy atom. The van der Waals surface area contributed by atoms with E-state index in [1.165, 1.54) is 49.9 Å². The molecule has 6 aromatic rings. The van der Waals surface area contributed by atoms with Gasteiger partial charge in [0.15, 0.2) is 0 Å². The lowest BCUT2D eigenvalue weighted by Crippen LogP contribution is -2.62. The van der Waals surface area contributed by atoms with E-state index in [-0.39, 0.29) is 33.8 Å². The van der Waals surface area contributed by atoms with Crippen molar-refractivity contribution < 1.29 is 4.11 Å². The molecule has 310 valence electrons. The number of hydrogen-bond acceptors (Lipinski definition) is 2. The normalized spacial score (nSPS) is 19.7. The van der Waals surface area contributed by atoms with Crippen molar-refractivity contribution in [2.24, 2.45) is 0 Å². The molecule has 3 heteroatoms. The molecule has 0 unspecified atom stereocenters. The molecule has 0 amide bonds. The van der Waals surface area contributed by atoms with E-state index >= 15 is 0 Å². The quantitative estimate of drug-likeness (QED) is 0.164. The van der Waals surface area contributed by atoms with Crippen LogP contribution < -0.4 is 26.2 Å². The predicted octanol–water partition coefficient (Wildman–Crippen LogP) is 14.0. The zero-order chi connectivity index (χ0) is 45.7. The van der Waals surface area contributed by atoms with Crippen molar-refractivity contribution in [3.8, 4) is 11.1 Å². The summed E-state index contributed by atoms with van der Waals surface area (Å²) in [7, 11) is 0. The van der Waals surface area contributed by atoms with Gasteiger partial charge in [0.05, 0.1) is 0 Å². The van der Waals surface area contributed by atoms with Crippen LogP contribution in [-0.4, -0.2) is 6.71 Å². The second-order valence-corrected chi connectivity index (χ2v) is 22.6. The fraction of sp³-hybridized carbons (Fsp3) is 0.379. The van der Waals surface area contributed by atoms with Crippen molar-refractivity contribution in [3.63, 3.8) is 0 Å². The van der Waals surface area contributed by atoms with Gasteiger partial charge in [-0.2, -0.15) is 0 Å². The van der Waals surface area contributed by atoms with Crippen molar-refractivity contribution in [2.45, 2.75) is 143 Å². The maximum atomic E-state index is 9.06. The molecule has 6 aromatic carbocycles. The summed E-state index contributed by atoms with van der Waals surface area (Å²) in [5.74, 6) is 0. The summed E-state index contributed by atoms with van der Waals surface area (Å²) in [6, 6.07) is 40.9. The third-order valence-electron chi connectivity index (χ3n) is 15.5. The van der Waals surface area contributed by atoms with Gasteiger partial charge in [0.25, 0.3) is 6.71 Å². The number of nitrogens with zero attached hydrogens (tertiary/aromatic N) is 2. The largest absolute Gasteiger partial charge is 0.311 e. The van der Waals surface area contributed by atoms with Gasteiger partial charge in [-0.25, -0.2) is 0 Å². The van der Waals surface area contributed by atoms with E-state index in [2.05, 4.69) is 190 Å². The van der Waals surface area contributed by atoms with Crippen molar-refractivity contribution >= 4 is 57.2 Å². The molecule has 61 heavy (non-hydrogen) atoms. The lowest BCUT2D eigenvalue weighted by molar-refractivity contribution is 0.332. The van der Waals surface area contributed by atoms with E-state index in [9.17, 15) is 0 Å². The third-order valence-corrected chi connectivity index (χ3v) is 15.5. The molecule has 0 saturated heterocycles. The van der Waals surface area contributed by atoms with Gasteiger partial charge in [0, 0.05) is 38.2 Å². The Hall–Kier alpha value is -5.02. The SMILES string of the molecule is [2H]C([2H])([2H])c1cc2c3c(c1)N(c1ccc(C(C)(C)C)cc1C)c1ccc(-c4ccccc4)cc1B3c1cc3c(cc1N2c1ccc2c(c1)C(C)(C)CCC2(C)C)C(C)(C)CCC3(C)C. The lowest BCUT2D eigenvalue weighted by Gasteiger charge is -2.48. The molecule has 10 rings (SSSR count). The first-order chi connectivity index (χ1) is 29.9. The first-order valence-electron chi connectivity index (χ1n) is 24.3. The summed E-state index contributed by atoms with van der Waals surface area (Å²) in [6.07, 6.45) is 4.47. The van der Waals surface area contributed by atoms with Gasteiger partial charge >= 0.3 is 0 Å². The molecule has 0 aromatic heterocycles. The topological polar surface area (TPSA) is 6.48 Å². The van der Waals surface area contributed by atoms with Gasteiger partial charge in [-0.3, -0.25) is 0 Å². The van der Waals surface area contributed by atoms with Gasteiger partial charge in [-0.1, -0.05) is 143 Å². The Morgan fingerprint density at radius 1 is 0.508 bits per heavy atom. The number of fused-ring (bicyclic) bond motifs is 6. The number of rotatable bonds is 3. The van der Waals surface area contributed by atoms with Gasteiger partial charge in [-0.15, -0.1) is 0 Å². The van der Waals surface area contributed by atoms with Gasteiger partial charge in [0.2, 0.25) is 0 Å². The summed E-state index contributed by atoms with van der Waals surface area (Å²) in [4.78, 5) is 4.86. The molecular formula is C58H65BN2. The van der Waals surface area contributed by atoms with E-state index < -0.39 is 6.85 Å². The van der Waals surface area contributed by atoms with Crippen LogP contribution in [0.2, 0.25) is 0 Å². The van der Waals surface area contributed by atoms with Crippen molar-refractivity contribution in [1.29, 1.82) is 0 Å². The Balaban J connectivity index is 1.36. The van der Waals surface area contributed by atoms with Crippen molar-refractivity contribution in [1.82, 2.24) is 0 Å². The van der Waals surface area contributed by atoms with Gasteiger partial charge in [-0.05, 0) is 175 Å². The molecule has 4 aliphatic rings. The minimum absolute atomic E-state index is 0.00975. The lowest BCUT2D eigenvalue weighted by atomic mass is 9.33. The maximum Gasteiger partial charge on any atom is 0.252 e. The molecule has 2 heterocycles. The molecule has 0 saturated carbocycles. The summed E-state index contributed by atoms with van der Waals surface area (Å²) in [5, 5.41) is 0. The van der Waals surface area contributed by atoms with Crippen LogP contribution in [0.5, 0.6) is 0 Å². The number of anilines is 6. The molecule has 0 spiro atoms. The Morgan fingerprint density at radius 3 is 1.70 bits per heavy atom. The Kier molecular flexibility index (Phi) is 7.95. The predicted molar refractivity (Wildman–Crippen MR) is 265 cm³/mol. The van der Waals surface area contributed by atoms with E-state index in [4.69, 9.17) is 4.11 Å². The maximum absolute atomic E-state index is 9.06. The second-order valence-electron chi connectivity index (χ2n) is 22.6. The van der Waals surface area contributed by atoms with Crippen LogP contribution >= 0.6 is 0 Å². The summed E-state index contributed by atoms with van der Waals surface area (Å²) in [6.45, 7) is 25.8. The number of hydrogen-bond donors (Lipinski definition) is 0. The highest BCUT2D eigenvalue weighted by Gasteiger charge is 2.47. The number of aryl methyl sites for hydroxylation is 2. The zero-order valence-electron chi connectivity index (χ0n) is 41.7. The molecule has 0 radical (unpaired) electrons. The van der Waals surface area contributed by atoms with E-state index in [1.54, 1.807) is 0 Å². The molecule has 0 fully saturated rings. The Bertz CT molecular complexity index is 2890. The molecule has 2 aliphatic heterocycles. The number of benzene rings is 6. The highest BCUT2D eigenvalue weighted by molar-refractivity contribution is 7.00. The highest BCUT2D eigenvalue weighted by atomic mass is 15.2. The first-order valence-corrected chi connectivity index (χ1v) is 22.8. The van der Waals surface area contributed by atoms with Crippen LogP contribution in [0.15, 0.2) is 109 Å². The van der Waals surface area contributed by atoms with Crippen LogP contribution in [0.3, 0.4) is 0 Å². The summed E-state index contributed by atoms with van der Waals surface area (Å²) < 4.78 is 27.2. The van der Waals surface area contributed by atoms with Crippen LogP contribution in [0.1, 0.15) is 145 Å². The molecule has 2 aliphatic carbocycles. The van der Waals surface area contributed by atoms with E-state index in [0.717, 1.165) is 70.8 Å². The monoisotopic (exact) mass is 804 g/mol. The van der Waals surface area contributed by atoms with Crippen LogP contribution in [-0.2, 0) is 27.1 Å². The highest BCUT2D eigenvalue weighted by Crippen LogP contribution is 2.53. The standard InChI is InChI=1S/C58H65BN2/c1-36-29-51-53-52(30-36)61(48-24-20-40(31-37(48)2)54(3,4)5)49-23-19-39(38-17-15-14-16-18-38)32-46(49)59(53)47-34-44-45(58(12,13)28-27-57(44,10)11)35-50(47)60(51)41-21-22-42-43(33-41)56(8,9)26-25-55(42,6)7/h14-24,29-35H,25-28H2,1-13H3/i1D3. The average Bonchev–Trinajstić information content (AvgIpc) is 3.23. The summed E-state index contributed by atoms with van der Waals surface area (Å²) in [5.41, 5.74) is 20.7. The van der Waals surface area contributed by atoms with Gasteiger partial charge < -0.3 is 9.80 Å². The fourth-order valence-electron chi connectivity index (χ4n) is 11.5. The van der Waals surface area contributed by atoms with E-state index in [0.29, 0.717) is 5.56 Å². The van der Waals surface area contributed by atoms with Crippen LogP contribution in [0.4, 0.5) is 34.1 Å². The summed E-state index contributed by atoms with van der Waals surface area (Å²) >= 11 is 0. The Labute approximate surface area is 371 Å². The third kappa shape index (κ3) is 6.18. The second kappa shape index (κ2) is 13.2. The van der Waals surface area contributed by atoms with Gasteiger partial charge in [0.1, 0.15) is 0 Å². The minimum atomic E-state index is -2.34. The van der Waals surface area contributed by atoms with Crippen LogP contribution in [0.25, 0.3) is 11.1 Å². The van der Waals surface area contributed by atoms with Crippen molar-refractivity contribution in [3.05, 3.63) is 148 Å². The first kappa shape index (κ1) is 36.6.